The lowest BCUT2D eigenvalue weighted by atomic mass is 9.86. The van der Waals surface area contributed by atoms with Gasteiger partial charge in [0.15, 0.2) is 6.10 Å². The summed E-state index contributed by atoms with van der Waals surface area (Å²) in [6, 6.07) is 9.48. The number of sulfonamides is 1. The lowest BCUT2D eigenvalue weighted by Gasteiger charge is -2.35. The predicted molar refractivity (Wildman–Crippen MR) is 121 cm³/mol. The number of ether oxygens (including phenoxy) is 1. The summed E-state index contributed by atoms with van der Waals surface area (Å²) in [6.45, 7) is 12.0. The van der Waals surface area contributed by atoms with Crippen LogP contribution < -0.4 is 14.4 Å². The molecule has 0 radical (unpaired) electrons. The highest BCUT2D eigenvalue weighted by Gasteiger charge is 2.36. The smallest absolute Gasteiger partial charge is 0.267 e. The van der Waals surface area contributed by atoms with Crippen LogP contribution in [0.5, 0.6) is 5.75 Å². The number of anilines is 2. The number of amides is 1. The summed E-state index contributed by atoms with van der Waals surface area (Å²) >= 11 is 0. The van der Waals surface area contributed by atoms with Gasteiger partial charge in [0.2, 0.25) is 10.0 Å². The van der Waals surface area contributed by atoms with Gasteiger partial charge in [-0.1, -0.05) is 44.5 Å². The second kappa shape index (κ2) is 7.61. The Morgan fingerprint density at radius 1 is 1.10 bits per heavy atom. The fourth-order valence-electron chi connectivity index (χ4n) is 3.75. The summed E-state index contributed by atoms with van der Waals surface area (Å²) in [7, 11) is -3.59. The molecule has 1 N–H and O–H groups in total. The highest BCUT2D eigenvalue weighted by Crippen LogP contribution is 2.38. The van der Waals surface area contributed by atoms with Gasteiger partial charge in [0, 0.05) is 5.69 Å². The molecule has 0 saturated heterocycles. The van der Waals surface area contributed by atoms with E-state index in [2.05, 4.69) is 26.1 Å². The van der Waals surface area contributed by atoms with E-state index in [4.69, 9.17) is 4.74 Å². The number of fused-ring (bicyclic) bond motifs is 1. The maximum absolute atomic E-state index is 13.0. The van der Waals surface area contributed by atoms with Crippen molar-refractivity contribution in [2.24, 2.45) is 0 Å². The maximum Gasteiger partial charge on any atom is 0.267 e. The number of rotatable bonds is 3. The van der Waals surface area contributed by atoms with Crippen LogP contribution in [0.4, 0.5) is 11.4 Å². The minimum atomic E-state index is -3.59. The maximum atomic E-state index is 13.0. The molecule has 2 aromatic carbocycles. The van der Waals surface area contributed by atoms with Crippen LogP contribution in [0, 0.1) is 20.8 Å². The van der Waals surface area contributed by atoms with Crippen LogP contribution in [-0.4, -0.2) is 33.2 Å². The highest BCUT2D eigenvalue weighted by atomic mass is 32.2. The van der Waals surface area contributed by atoms with Crippen molar-refractivity contribution >= 4 is 27.3 Å². The molecule has 1 aliphatic rings. The van der Waals surface area contributed by atoms with E-state index in [9.17, 15) is 13.2 Å². The second-order valence-electron chi connectivity index (χ2n) is 9.10. The van der Waals surface area contributed by atoms with E-state index in [1.807, 2.05) is 45.0 Å². The number of hydrogen-bond acceptors (Lipinski definition) is 4. The SMILES string of the molecule is Cc1cc(C)c(NC(=O)[C@H]2CN(S(C)(=O)=O)c3cc(C(C)(C)C)ccc3O2)c(C)c1. The Kier molecular flexibility index (Phi) is 5.62. The summed E-state index contributed by atoms with van der Waals surface area (Å²) < 4.78 is 32.3. The number of carbonyl (C=O) groups excluding carboxylic acids is 1. The fraction of sp³-hybridized carbons (Fsp3) is 0.435. The number of nitrogens with zero attached hydrogens (tertiary/aromatic N) is 1. The Bertz CT molecular complexity index is 1080. The number of hydrogen-bond donors (Lipinski definition) is 1. The molecule has 0 spiro atoms. The molecule has 7 heteroatoms. The molecule has 0 aromatic heterocycles. The molecule has 3 rings (SSSR count). The summed E-state index contributed by atoms with van der Waals surface area (Å²) in [5.41, 5.74) is 5.06. The zero-order valence-corrected chi connectivity index (χ0v) is 19.5. The van der Waals surface area contributed by atoms with Crippen LogP contribution >= 0.6 is 0 Å². The van der Waals surface area contributed by atoms with E-state index in [1.54, 1.807) is 6.07 Å². The average molecular weight is 431 g/mol. The molecular formula is C23H30N2O4S. The number of nitrogens with one attached hydrogen (secondary N) is 1. The van der Waals surface area contributed by atoms with E-state index in [0.29, 0.717) is 11.4 Å². The van der Waals surface area contributed by atoms with Gasteiger partial charge in [-0.3, -0.25) is 9.10 Å². The topological polar surface area (TPSA) is 75.7 Å². The quantitative estimate of drug-likeness (QED) is 0.796. The lowest BCUT2D eigenvalue weighted by molar-refractivity contribution is -0.122. The molecule has 0 saturated carbocycles. The minimum Gasteiger partial charge on any atom is -0.476 e. The van der Waals surface area contributed by atoms with Crippen LogP contribution in [0.15, 0.2) is 30.3 Å². The largest absolute Gasteiger partial charge is 0.476 e. The van der Waals surface area contributed by atoms with Gasteiger partial charge in [0.05, 0.1) is 18.5 Å². The van der Waals surface area contributed by atoms with Crippen LogP contribution in [0.3, 0.4) is 0 Å². The van der Waals surface area contributed by atoms with Crippen molar-refractivity contribution in [2.45, 2.75) is 53.1 Å². The molecule has 6 nitrogen and oxygen atoms in total. The first-order valence-electron chi connectivity index (χ1n) is 9.95. The number of carbonyl (C=O) groups is 1. The molecule has 1 heterocycles. The number of aryl methyl sites for hydroxylation is 3. The van der Waals surface area contributed by atoms with Gasteiger partial charge in [-0.25, -0.2) is 8.42 Å². The van der Waals surface area contributed by atoms with Crippen molar-refractivity contribution < 1.29 is 17.9 Å². The molecule has 1 amide bonds. The first kappa shape index (κ1) is 22.2. The van der Waals surface area contributed by atoms with Crippen LogP contribution in [0.25, 0.3) is 0 Å². The zero-order valence-electron chi connectivity index (χ0n) is 18.7. The Hall–Kier alpha value is -2.54. The lowest BCUT2D eigenvalue weighted by Crippen LogP contribution is -2.48. The molecule has 0 bridgehead atoms. The minimum absolute atomic E-state index is 0.0742. The van der Waals surface area contributed by atoms with Crippen molar-refractivity contribution in [1.82, 2.24) is 0 Å². The van der Waals surface area contributed by atoms with E-state index in [1.165, 1.54) is 4.31 Å². The molecule has 30 heavy (non-hydrogen) atoms. The predicted octanol–water partition coefficient (Wildman–Crippen LogP) is 4.08. The van der Waals surface area contributed by atoms with Crippen molar-refractivity contribution in [2.75, 3.05) is 22.4 Å². The van der Waals surface area contributed by atoms with Gasteiger partial charge in [0.25, 0.3) is 5.91 Å². The first-order chi connectivity index (χ1) is 13.8. The summed E-state index contributed by atoms with van der Waals surface area (Å²) in [5, 5.41) is 2.93. The average Bonchev–Trinajstić information content (AvgIpc) is 2.61. The van der Waals surface area contributed by atoms with Gasteiger partial charge in [-0.05, 0) is 55.0 Å². The van der Waals surface area contributed by atoms with Crippen molar-refractivity contribution in [3.05, 3.63) is 52.6 Å². The van der Waals surface area contributed by atoms with Crippen molar-refractivity contribution in [3.63, 3.8) is 0 Å². The molecule has 0 unspecified atom stereocenters. The van der Waals surface area contributed by atoms with E-state index in [0.717, 1.165) is 34.2 Å². The molecule has 162 valence electrons. The monoisotopic (exact) mass is 430 g/mol. The van der Waals surface area contributed by atoms with Crippen molar-refractivity contribution in [1.29, 1.82) is 0 Å². The standard InChI is InChI=1S/C23H30N2O4S/c1-14-10-15(2)21(16(3)11-14)24-22(26)20-13-25(30(7,27)28)18-12-17(23(4,5)6)8-9-19(18)29-20/h8-12,20H,13H2,1-7H3,(H,24,26)/t20-/m1/s1. The summed E-state index contributed by atoms with van der Waals surface area (Å²) in [5.74, 6) is 0.0152. The third-order valence-corrected chi connectivity index (χ3v) is 6.46. The van der Waals surface area contributed by atoms with Gasteiger partial charge in [-0.15, -0.1) is 0 Å². The van der Waals surface area contributed by atoms with E-state index >= 15 is 0 Å². The van der Waals surface area contributed by atoms with Crippen LogP contribution in [-0.2, 0) is 20.2 Å². The molecule has 0 fully saturated rings. The Morgan fingerprint density at radius 3 is 2.23 bits per heavy atom. The highest BCUT2D eigenvalue weighted by molar-refractivity contribution is 7.92. The first-order valence-corrected chi connectivity index (χ1v) is 11.8. The summed E-state index contributed by atoms with van der Waals surface area (Å²) in [4.78, 5) is 13.0. The van der Waals surface area contributed by atoms with E-state index in [-0.39, 0.29) is 17.9 Å². The zero-order chi connectivity index (χ0) is 22.4. The van der Waals surface area contributed by atoms with Gasteiger partial charge in [-0.2, -0.15) is 0 Å². The summed E-state index contributed by atoms with van der Waals surface area (Å²) in [6.07, 6.45) is 0.197. The molecule has 2 aromatic rings. The van der Waals surface area contributed by atoms with Gasteiger partial charge < -0.3 is 10.1 Å². The van der Waals surface area contributed by atoms with Gasteiger partial charge >= 0.3 is 0 Å². The molecule has 1 aliphatic heterocycles. The van der Waals surface area contributed by atoms with Crippen LogP contribution in [0.2, 0.25) is 0 Å². The van der Waals surface area contributed by atoms with E-state index < -0.39 is 16.1 Å². The van der Waals surface area contributed by atoms with Gasteiger partial charge in [0.1, 0.15) is 5.75 Å². The third-order valence-electron chi connectivity index (χ3n) is 5.31. The normalized spacial score (nSPS) is 16.6. The number of benzene rings is 2. The molecular weight excluding hydrogens is 400 g/mol. The molecule has 0 aliphatic carbocycles. The second-order valence-corrected chi connectivity index (χ2v) is 11.0. The Balaban J connectivity index is 1.95. The molecule has 1 atom stereocenters. The van der Waals surface area contributed by atoms with Crippen LogP contribution in [0.1, 0.15) is 43.0 Å². The fourth-order valence-corrected chi connectivity index (χ4v) is 4.66. The Labute approximate surface area is 179 Å². The third kappa shape index (κ3) is 4.46. The van der Waals surface area contributed by atoms with Crippen molar-refractivity contribution in [3.8, 4) is 5.75 Å². The Morgan fingerprint density at radius 2 is 1.70 bits per heavy atom.